The van der Waals surface area contributed by atoms with Crippen molar-refractivity contribution in [3.63, 3.8) is 0 Å². The minimum absolute atomic E-state index is 0.0482. The summed E-state index contributed by atoms with van der Waals surface area (Å²) in [6, 6.07) is 16.7. The fourth-order valence-electron chi connectivity index (χ4n) is 4.09. The molecule has 0 aliphatic heterocycles. The Balaban J connectivity index is 1.56. The van der Waals surface area contributed by atoms with Crippen molar-refractivity contribution >= 4 is 23.5 Å². The second kappa shape index (κ2) is 10.7. The van der Waals surface area contributed by atoms with E-state index in [-0.39, 0.29) is 11.5 Å². The molecule has 0 atom stereocenters. The highest BCUT2D eigenvalue weighted by Crippen LogP contribution is 2.26. The average Bonchev–Trinajstić information content (AvgIpc) is 3.29. The standard InChI is InChI=1S/C27H30N4OS2/c1-16(2)25-24(14-22-17(3)7-6-8-18(22)4)28-27(29-26(25)32)34-15-20-13-23(31-30-20)19-9-11-21(33-5)12-10-19/h6-13,16H,14-15H2,1-5H3,(H,30,31)(H,28,29,32). The van der Waals surface area contributed by atoms with Crippen LogP contribution in [0.15, 0.2) is 63.4 Å². The highest BCUT2D eigenvalue weighted by molar-refractivity contribution is 7.98. The number of nitrogens with one attached hydrogen (secondary N) is 2. The van der Waals surface area contributed by atoms with Crippen LogP contribution in [0.2, 0.25) is 0 Å². The molecule has 0 saturated heterocycles. The molecule has 0 fully saturated rings. The quantitative estimate of drug-likeness (QED) is 0.218. The second-order valence-corrected chi connectivity index (χ2v) is 10.6. The van der Waals surface area contributed by atoms with Crippen LogP contribution in [0.1, 0.15) is 53.4 Å². The van der Waals surface area contributed by atoms with Gasteiger partial charge in [-0.3, -0.25) is 9.89 Å². The average molecular weight is 491 g/mol. The van der Waals surface area contributed by atoms with Gasteiger partial charge in [-0.25, -0.2) is 4.98 Å². The number of H-pyrrole nitrogens is 2. The zero-order chi connectivity index (χ0) is 24.2. The maximum atomic E-state index is 13.0. The number of rotatable bonds is 8. The molecule has 0 aliphatic rings. The molecule has 176 valence electrons. The van der Waals surface area contributed by atoms with Gasteiger partial charge in [0.15, 0.2) is 5.16 Å². The molecule has 0 saturated carbocycles. The molecule has 0 aliphatic carbocycles. The molecular weight excluding hydrogens is 460 g/mol. The summed E-state index contributed by atoms with van der Waals surface area (Å²) >= 11 is 3.24. The van der Waals surface area contributed by atoms with E-state index in [0.717, 1.165) is 28.2 Å². The Morgan fingerprint density at radius 3 is 2.38 bits per heavy atom. The van der Waals surface area contributed by atoms with Gasteiger partial charge in [-0.2, -0.15) is 5.10 Å². The predicted molar refractivity (Wildman–Crippen MR) is 143 cm³/mol. The highest BCUT2D eigenvalue weighted by atomic mass is 32.2. The molecule has 0 spiro atoms. The number of aromatic nitrogens is 4. The summed E-state index contributed by atoms with van der Waals surface area (Å²) in [5.41, 5.74) is 8.24. The molecule has 4 aromatic rings. The van der Waals surface area contributed by atoms with Gasteiger partial charge in [0.25, 0.3) is 5.56 Å². The summed E-state index contributed by atoms with van der Waals surface area (Å²) in [6.45, 7) is 8.33. The molecule has 34 heavy (non-hydrogen) atoms. The first-order chi connectivity index (χ1) is 16.4. The lowest BCUT2D eigenvalue weighted by Gasteiger charge is -2.15. The number of benzene rings is 2. The third kappa shape index (κ3) is 5.47. The van der Waals surface area contributed by atoms with Crippen molar-refractivity contribution < 1.29 is 0 Å². The maximum absolute atomic E-state index is 13.0. The van der Waals surface area contributed by atoms with Crippen LogP contribution in [0.3, 0.4) is 0 Å². The lowest BCUT2D eigenvalue weighted by molar-refractivity contribution is 0.762. The van der Waals surface area contributed by atoms with Gasteiger partial charge in [0.2, 0.25) is 0 Å². The van der Waals surface area contributed by atoms with Crippen LogP contribution in [0.5, 0.6) is 0 Å². The zero-order valence-corrected chi connectivity index (χ0v) is 21.9. The van der Waals surface area contributed by atoms with Crippen molar-refractivity contribution in [1.29, 1.82) is 0 Å². The molecule has 0 radical (unpaired) electrons. The van der Waals surface area contributed by atoms with E-state index >= 15 is 0 Å². The largest absolute Gasteiger partial charge is 0.301 e. The van der Waals surface area contributed by atoms with E-state index in [2.05, 4.69) is 83.8 Å². The summed E-state index contributed by atoms with van der Waals surface area (Å²) in [6.07, 6.45) is 2.72. The van der Waals surface area contributed by atoms with Gasteiger partial charge in [0.05, 0.1) is 11.4 Å². The summed E-state index contributed by atoms with van der Waals surface area (Å²) < 4.78 is 0. The molecule has 4 rings (SSSR count). The second-order valence-electron chi connectivity index (χ2n) is 8.73. The highest BCUT2D eigenvalue weighted by Gasteiger charge is 2.17. The third-order valence-electron chi connectivity index (χ3n) is 5.96. The normalized spacial score (nSPS) is 11.4. The van der Waals surface area contributed by atoms with E-state index in [1.807, 2.05) is 13.8 Å². The summed E-state index contributed by atoms with van der Waals surface area (Å²) in [5, 5.41) is 8.22. The minimum atomic E-state index is -0.0482. The van der Waals surface area contributed by atoms with Crippen LogP contribution in [0.25, 0.3) is 11.3 Å². The molecule has 2 heterocycles. The fraction of sp³-hybridized carbons (Fsp3) is 0.296. The smallest absolute Gasteiger partial charge is 0.255 e. The van der Waals surface area contributed by atoms with Crippen molar-refractivity contribution in [2.75, 3.05) is 6.26 Å². The number of aryl methyl sites for hydroxylation is 2. The minimum Gasteiger partial charge on any atom is -0.301 e. The van der Waals surface area contributed by atoms with E-state index in [1.165, 1.54) is 33.3 Å². The Morgan fingerprint density at radius 2 is 1.74 bits per heavy atom. The van der Waals surface area contributed by atoms with Gasteiger partial charge in [-0.1, -0.05) is 55.9 Å². The number of hydrogen-bond donors (Lipinski definition) is 2. The summed E-state index contributed by atoms with van der Waals surface area (Å²) in [7, 11) is 0. The monoisotopic (exact) mass is 490 g/mol. The van der Waals surface area contributed by atoms with Crippen molar-refractivity contribution in [3.8, 4) is 11.3 Å². The van der Waals surface area contributed by atoms with E-state index in [4.69, 9.17) is 4.98 Å². The molecule has 0 amide bonds. The van der Waals surface area contributed by atoms with Crippen molar-refractivity contribution in [2.24, 2.45) is 0 Å². The molecule has 0 unspecified atom stereocenters. The maximum Gasteiger partial charge on any atom is 0.255 e. The number of aromatic amines is 2. The molecule has 2 N–H and O–H groups in total. The number of thioether (sulfide) groups is 2. The van der Waals surface area contributed by atoms with Gasteiger partial charge in [0.1, 0.15) is 0 Å². The first-order valence-electron chi connectivity index (χ1n) is 11.4. The topological polar surface area (TPSA) is 74.4 Å². The van der Waals surface area contributed by atoms with Gasteiger partial charge < -0.3 is 4.98 Å². The van der Waals surface area contributed by atoms with Gasteiger partial charge in [-0.05, 0) is 60.9 Å². The summed E-state index contributed by atoms with van der Waals surface area (Å²) in [4.78, 5) is 22.1. The molecule has 5 nitrogen and oxygen atoms in total. The van der Waals surface area contributed by atoms with Crippen molar-refractivity contribution in [2.45, 2.75) is 55.8 Å². The fourth-order valence-corrected chi connectivity index (χ4v) is 5.28. The molecule has 0 bridgehead atoms. The van der Waals surface area contributed by atoms with Crippen molar-refractivity contribution in [3.05, 3.63) is 92.5 Å². The Bertz CT molecular complexity index is 1320. The molecule has 7 heteroatoms. The van der Waals surface area contributed by atoms with Gasteiger partial charge >= 0.3 is 0 Å². The van der Waals surface area contributed by atoms with E-state index in [1.54, 1.807) is 11.8 Å². The SMILES string of the molecule is CSc1ccc(-c2cc(CSc3nc(Cc4c(C)cccc4C)c(C(C)C)c(=O)[nH]3)[nH]n2)cc1. The third-order valence-corrected chi connectivity index (χ3v) is 7.63. The van der Waals surface area contributed by atoms with Crippen LogP contribution >= 0.6 is 23.5 Å². The van der Waals surface area contributed by atoms with E-state index in [0.29, 0.717) is 17.3 Å². The molecular formula is C27H30N4OS2. The Kier molecular flexibility index (Phi) is 7.63. The zero-order valence-electron chi connectivity index (χ0n) is 20.2. The Hall–Kier alpha value is -2.77. The van der Waals surface area contributed by atoms with Crippen molar-refractivity contribution in [1.82, 2.24) is 20.2 Å². The first kappa shape index (κ1) is 24.4. The number of hydrogen-bond acceptors (Lipinski definition) is 5. The van der Waals surface area contributed by atoms with Gasteiger partial charge in [-0.15, -0.1) is 11.8 Å². The van der Waals surface area contributed by atoms with E-state index < -0.39 is 0 Å². The first-order valence-corrected chi connectivity index (χ1v) is 13.6. The van der Waals surface area contributed by atoms with Gasteiger partial charge in [0, 0.05) is 33.9 Å². The van der Waals surface area contributed by atoms with Crippen LogP contribution in [0, 0.1) is 13.8 Å². The van der Waals surface area contributed by atoms with Crippen LogP contribution < -0.4 is 5.56 Å². The van der Waals surface area contributed by atoms with Crippen LogP contribution in [0.4, 0.5) is 0 Å². The molecule has 2 aromatic carbocycles. The van der Waals surface area contributed by atoms with Crippen LogP contribution in [-0.4, -0.2) is 26.4 Å². The van der Waals surface area contributed by atoms with E-state index in [9.17, 15) is 4.79 Å². The predicted octanol–water partition coefficient (Wildman–Crippen LogP) is 6.51. The lowest BCUT2D eigenvalue weighted by Crippen LogP contribution is -2.20. The Morgan fingerprint density at radius 1 is 1.03 bits per heavy atom. The lowest BCUT2D eigenvalue weighted by atomic mass is 9.94. The molecule has 2 aromatic heterocycles. The summed E-state index contributed by atoms with van der Waals surface area (Å²) in [5.74, 6) is 0.741. The van der Waals surface area contributed by atoms with Crippen LogP contribution in [-0.2, 0) is 12.2 Å². The Labute approximate surface area is 209 Å². The number of nitrogens with zero attached hydrogens (tertiary/aromatic N) is 2.